The van der Waals surface area contributed by atoms with E-state index in [1.807, 2.05) is 60.5 Å². The number of ketones is 1. The molecule has 33 heavy (non-hydrogen) atoms. The van der Waals surface area contributed by atoms with E-state index in [4.69, 9.17) is 4.74 Å². The average molecular weight is 447 g/mol. The number of nitrogens with zero attached hydrogens (tertiary/aromatic N) is 2. The van der Waals surface area contributed by atoms with Crippen molar-refractivity contribution in [3.8, 4) is 0 Å². The highest BCUT2D eigenvalue weighted by Gasteiger charge is 2.39. The van der Waals surface area contributed by atoms with Crippen molar-refractivity contribution in [2.75, 3.05) is 31.6 Å². The third-order valence-electron chi connectivity index (χ3n) is 6.66. The molecule has 2 heterocycles. The Morgan fingerprint density at radius 2 is 1.79 bits per heavy atom. The zero-order valence-corrected chi connectivity index (χ0v) is 19.4. The molecule has 0 bridgehead atoms. The van der Waals surface area contributed by atoms with Crippen molar-refractivity contribution in [2.24, 2.45) is 5.92 Å². The lowest BCUT2D eigenvalue weighted by atomic mass is 9.83. The molecule has 172 valence electrons. The van der Waals surface area contributed by atoms with Crippen LogP contribution >= 0.6 is 0 Å². The van der Waals surface area contributed by atoms with Crippen LogP contribution in [0.3, 0.4) is 0 Å². The Hall–Kier alpha value is -3.41. The molecule has 1 saturated heterocycles. The van der Waals surface area contributed by atoms with Crippen LogP contribution in [0, 0.1) is 5.92 Å². The van der Waals surface area contributed by atoms with Crippen molar-refractivity contribution in [1.29, 1.82) is 0 Å². The summed E-state index contributed by atoms with van der Waals surface area (Å²) >= 11 is 0. The van der Waals surface area contributed by atoms with Crippen LogP contribution in [-0.4, -0.2) is 49.3 Å². The maximum atomic E-state index is 12.6. The van der Waals surface area contributed by atoms with Gasteiger partial charge in [0.2, 0.25) is 5.91 Å². The molecular weight excluding hydrogens is 416 g/mol. The van der Waals surface area contributed by atoms with Gasteiger partial charge < -0.3 is 14.5 Å². The summed E-state index contributed by atoms with van der Waals surface area (Å²) in [5, 5.41) is 0. The molecule has 2 aromatic rings. The molecular formula is C27H30N2O4. The number of para-hydroxylation sites is 1. The summed E-state index contributed by atoms with van der Waals surface area (Å²) in [6, 6.07) is 18.0. The quantitative estimate of drug-likeness (QED) is 0.481. The Bertz CT molecular complexity index is 1090. The van der Waals surface area contributed by atoms with Gasteiger partial charge in [-0.2, -0.15) is 0 Å². The number of likely N-dealkylation sites (tertiary alicyclic amines) is 1. The lowest BCUT2D eigenvalue weighted by Crippen LogP contribution is -2.29. The molecule has 1 unspecified atom stereocenters. The Balaban J connectivity index is 1.31. The molecule has 2 aromatic carbocycles. The van der Waals surface area contributed by atoms with Gasteiger partial charge in [0, 0.05) is 49.4 Å². The average Bonchev–Trinajstić information content (AvgIpc) is 3.28. The molecule has 4 rings (SSSR count). The summed E-state index contributed by atoms with van der Waals surface area (Å²) in [4.78, 5) is 41.2. The minimum Gasteiger partial charge on any atom is -0.457 e. The molecule has 0 spiro atoms. The van der Waals surface area contributed by atoms with E-state index >= 15 is 0 Å². The fourth-order valence-corrected chi connectivity index (χ4v) is 4.77. The third kappa shape index (κ3) is 4.70. The van der Waals surface area contributed by atoms with Crippen molar-refractivity contribution in [3.63, 3.8) is 0 Å². The van der Waals surface area contributed by atoms with Crippen molar-refractivity contribution in [3.05, 3.63) is 77.5 Å². The number of allylic oxidation sites excluding steroid dienone is 1. The van der Waals surface area contributed by atoms with E-state index in [1.54, 1.807) is 11.0 Å². The Morgan fingerprint density at radius 1 is 1.09 bits per heavy atom. The van der Waals surface area contributed by atoms with Crippen LogP contribution in [0.5, 0.6) is 0 Å². The molecule has 0 aliphatic carbocycles. The molecule has 1 amide bonds. The fraction of sp³-hybridized carbons (Fsp3) is 0.370. The predicted octanol–water partition coefficient (Wildman–Crippen LogP) is 3.50. The standard InChI is InChI=1S/C27H30N2O4/c1-27(2)22-11-7-8-12-23(22)28(3)24(27)16-21(30)18-33-26(32)20-15-25(31)29(17-20)14-13-19-9-5-4-6-10-19/h4-12,16,20H,13-15,17-18H2,1-3H3. The number of amides is 1. The predicted molar refractivity (Wildman–Crippen MR) is 127 cm³/mol. The smallest absolute Gasteiger partial charge is 0.311 e. The van der Waals surface area contributed by atoms with Gasteiger partial charge in [-0.3, -0.25) is 14.4 Å². The van der Waals surface area contributed by atoms with Crippen LogP contribution in [0.1, 0.15) is 31.4 Å². The van der Waals surface area contributed by atoms with Crippen LogP contribution < -0.4 is 4.90 Å². The zero-order valence-electron chi connectivity index (χ0n) is 19.4. The van der Waals surface area contributed by atoms with Crippen LogP contribution in [0.2, 0.25) is 0 Å². The molecule has 6 nitrogen and oxygen atoms in total. The van der Waals surface area contributed by atoms with Crippen molar-refractivity contribution in [2.45, 2.75) is 32.1 Å². The first-order chi connectivity index (χ1) is 15.8. The number of likely N-dealkylation sites (N-methyl/N-ethyl adjacent to an activating group) is 1. The molecule has 0 N–H and O–H groups in total. The van der Waals surface area contributed by atoms with E-state index in [1.165, 1.54) is 0 Å². The number of rotatable bonds is 7. The minimum absolute atomic E-state index is 0.0478. The number of ether oxygens (including phenoxy) is 1. The highest BCUT2D eigenvalue weighted by atomic mass is 16.5. The topological polar surface area (TPSA) is 66.9 Å². The second-order valence-electron chi connectivity index (χ2n) is 9.28. The Kier molecular flexibility index (Phi) is 6.36. The second kappa shape index (κ2) is 9.22. The Morgan fingerprint density at radius 3 is 2.52 bits per heavy atom. The molecule has 1 fully saturated rings. The first-order valence-electron chi connectivity index (χ1n) is 11.3. The number of fused-ring (bicyclic) bond motifs is 1. The summed E-state index contributed by atoms with van der Waals surface area (Å²) in [6.45, 7) is 4.74. The second-order valence-corrected chi connectivity index (χ2v) is 9.28. The summed E-state index contributed by atoms with van der Waals surface area (Å²) in [5.74, 6) is -1.33. The number of hydrogen-bond acceptors (Lipinski definition) is 5. The Labute approximate surface area is 194 Å². The largest absolute Gasteiger partial charge is 0.457 e. The van der Waals surface area contributed by atoms with E-state index in [-0.39, 0.29) is 30.1 Å². The molecule has 0 radical (unpaired) electrons. The third-order valence-corrected chi connectivity index (χ3v) is 6.66. The van der Waals surface area contributed by atoms with Crippen LogP contribution in [0.15, 0.2) is 66.4 Å². The monoisotopic (exact) mass is 446 g/mol. The number of anilines is 1. The van der Waals surface area contributed by atoms with E-state index in [2.05, 4.69) is 19.9 Å². The highest BCUT2D eigenvalue weighted by molar-refractivity contribution is 5.95. The van der Waals surface area contributed by atoms with E-state index in [9.17, 15) is 14.4 Å². The first kappa shape index (κ1) is 22.8. The van der Waals surface area contributed by atoms with Crippen molar-refractivity contribution >= 4 is 23.3 Å². The first-order valence-corrected chi connectivity index (χ1v) is 11.3. The maximum Gasteiger partial charge on any atom is 0.311 e. The lowest BCUT2D eigenvalue weighted by Gasteiger charge is -2.24. The highest BCUT2D eigenvalue weighted by Crippen LogP contribution is 2.46. The molecule has 6 heteroatoms. The van der Waals surface area contributed by atoms with Crippen LogP contribution in [-0.2, 0) is 31.0 Å². The lowest BCUT2D eigenvalue weighted by molar-refractivity contribution is -0.151. The van der Waals surface area contributed by atoms with Gasteiger partial charge in [-0.05, 0) is 23.6 Å². The molecule has 0 aromatic heterocycles. The van der Waals surface area contributed by atoms with E-state index in [0.29, 0.717) is 13.1 Å². The summed E-state index contributed by atoms with van der Waals surface area (Å²) in [5.41, 5.74) is 3.93. The van der Waals surface area contributed by atoms with Crippen molar-refractivity contribution < 1.29 is 19.1 Å². The fourth-order valence-electron chi connectivity index (χ4n) is 4.77. The SMILES string of the molecule is CN1C(=CC(=O)COC(=O)C2CC(=O)N(CCc3ccccc3)C2)C(C)(C)c2ccccc21. The van der Waals surface area contributed by atoms with Crippen molar-refractivity contribution in [1.82, 2.24) is 4.90 Å². The molecule has 2 aliphatic rings. The zero-order chi connectivity index (χ0) is 23.6. The van der Waals surface area contributed by atoms with Gasteiger partial charge in [-0.15, -0.1) is 0 Å². The summed E-state index contributed by atoms with van der Waals surface area (Å²) in [7, 11) is 1.94. The minimum atomic E-state index is -0.524. The van der Waals surface area contributed by atoms with E-state index < -0.39 is 11.9 Å². The normalized spacial score (nSPS) is 20.3. The van der Waals surface area contributed by atoms with Crippen LogP contribution in [0.4, 0.5) is 5.69 Å². The maximum absolute atomic E-state index is 12.6. The summed E-state index contributed by atoms with van der Waals surface area (Å²) < 4.78 is 5.31. The van der Waals surface area contributed by atoms with Gasteiger partial charge in [-0.1, -0.05) is 62.4 Å². The number of carbonyl (C=O) groups is 3. The van der Waals surface area contributed by atoms with Gasteiger partial charge in [0.25, 0.3) is 0 Å². The van der Waals surface area contributed by atoms with Gasteiger partial charge >= 0.3 is 5.97 Å². The van der Waals surface area contributed by atoms with E-state index in [0.717, 1.165) is 28.9 Å². The van der Waals surface area contributed by atoms with Gasteiger partial charge in [0.05, 0.1) is 5.92 Å². The molecule has 2 aliphatic heterocycles. The number of carbonyl (C=O) groups excluding carboxylic acids is 3. The number of esters is 1. The molecule has 1 atom stereocenters. The number of benzene rings is 2. The van der Waals surface area contributed by atoms with Crippen LogP contribution in [0.25, 0.3) is 0 Å². The number of hydrogen-bond donors (Lipinski definition) is 0. The van der Waals surface area contributed by atoms with Gasteiger partial charge in [0.1, 0.15) is 0 Å². The molecule has 0 saturated carbocycles. The van der Waals surface area contributed by atoms with Gasteiger partial charge in [-0.25, -0.2) is 0 Å². The van der Waals surface area contributed by atoms with Gasteiger partial charge in [0.15, 0.2) is 12.4 Å². The summed E-state index contributed by atoms with van der Waals surface area (Å²) in [6.07, 6.45) is 2.44.